The van der Waals surface area contributed by atoms with E-state index < -0.39 is 5.91 Å². The zero-order valence-corrected chi connectivity index (χ0v) is 15.4. The second-order valence-corrected chi connectivity index (χ2v) is 6.58. The summed E-state index contributed by atoms with van der Waals surface area (Å²) >= 11 is 11.9. The summed E-state index contributed by atoms with van der Waals surface area (Å²) < 4.78 is 0. The predicted octanol–water partition coefficient (Wildman–Crippen LogP) is 5.03. The lowest BCUT2D eigenvalue weighted by atomic mass is 10.0. The van der Waals surface area contributed by atoms with Gasteiger partial charge in [0.25, 0.3) is 11.8 Å². The summed E-state index contributed by atoms with van der Waals surface area (Å²) in [7, 11) is 0. The second-order valence-electron chi connectivity index (χ2n) is 5.71. The highest BCUT2D eigenvalue weighted by atomic mass is 35.5. The van der Waals surface area contributed by atoms with Gasteiger partial charge in [-0.05, 0) is 53.6 Å². The number of hydrogen-bond acceptors (Lipinski definition) is 3. The number of hydrogen-bond donors (Lipinski definition) is 3. The first-order valence-electron chi connectivity index (χ1n) is 7.88. The van der Waals surface area contributed by atoms with Crippen LogP contribution in [0, 0.1) is 0 Å². The zero-order chi connectivity index (χ0) is 19.4. The smallest absolute Gasteiger partial charge is 0.274 e. The molecule has 0 unspecified atom stereocenters. The van der Waals surface area contributed by atoms with E-state index in [0.29, 0.717) is 26.9 Å². The third-order valence-electron chi connectivity index (χ3n) is 3.83. The second kappa shape index (κ2) is 8.22. The Morgan fingerprint density at radius 2 is 1.41 bits per heavy atom. The Balaban J connectivity index is 1.81. The summed E-state index contributed by atoms with van der Waals surface area (Å²) in [6, 6.07) is 18.6. The van der Waals surface area contributed by atoms with Crippen LogP contribution >= 0.6 is 23.2 Å². The molecule has 0 aromatic heterocycles. The van der Waals surface area contributed by atoms with Gasteiger partial charge in [-0.2, -0.15) is 0 Å². The third-order valence-corrected chi connectivity index (χ3v) is 4.26. The number of benzene rings is 3. The van der Waals surface area contributed by atoms with Crippen molar-refractivity contribution in [2.75, 3.05) is 5.32 Å². The van der Waals surface area contributed by atoms with Crippen LogP contribution in [-0.2, 0) is 0 Å². The molecule has 3 aromatic carbocycles. The van der Waals surface area contributed by atoms with E-state index in [9.17, 15) is 9.59 Å². The van der Waals surface area contributed by atoms with Crippen LogP contribution in [-0.4, -0.2) is 17.0 Å². The summed E-state index contributed by atoms with van der Waals surface area (Å²) in [6.45, 7) is 0. The predicted molar refractivity (Wildman–Crippen MR) is 106 cm³/mol. The first kappa shape index (κ1) is 18.9. The van der Waals surface area contributed by atoms with Crippen LogP contribution in [0.4, 0.5) is 5.69 Å². The first-order valence-corrected chi connectivity index (χ1v) is 8.64. The van der Waals surface area contributed by atoms with Crippen LogP contribution < -0.4 is 10.8 Å². The van der Waals surface area contributed by atoms with Crippen molar-refractivity contribution in [2.45, 2.75) is 0 Å². The lowest BCUT2D eigenvalue weighted by Gasteiger charge is -2.09. The van der Waals surface area contributed by atoms with E-state index in [-0.39, 0.29) is 5.91 Å². The number of rotatable bonds is 4. The van der Waals surface area contributed by atoms with Crippen LogP contribution in [0.5, 0.6) is 0 Å². The minimum absolute atomic E-state index is 0.327. The molecule has 0 radical (unpaired) electrons. The summed E-state index contributed by atoms with van der Waals surface area (Å²) in [6.07, 6.45) is 0. The fourth-order valence-corrected chi connectivity index (χ4v) is 3.07. The molecule has 7 heteroatoms. The fourth-order valence-electron chi connectivity index (χ4n) is 2.54. The largest absolute Gasteiger partial charge is 0.322 e. The standard InChI is InChI=1S/C20H14Cl2N2O3/c21-16-8-15(9-17(22)11-16)19(25)23-18-3-1-2-14(10-18)12-4-6-13(7-5-12)20(26)24-27/h1-11,27H,(H,23,25)(H,24,26). The summed E-state index contributed by atoms with van der Waals surface area (Å²) in [5, 5.41) is 12.2. The Morgan fingerprint density at radius 1 is 0.741 bits per heavy atom. The number of carbonyl (C=O) groups excluding carboxylic acids is 2. The number of amides is 2. The maximum Gasteiger partial charge on any atom is 0.274 e. The maximum atomic E-state index is 12.4. The van der Waals surface area contributed by atoms with Gasteiger partial charge in [0, 0.05) is 26.9 Å². The number of carbonyl (C=O) groups is 2. The molecular formula is C20H14Cl2N2O3. The highest BCUT2D eigenvalue weighted by Crippen LogP contribution is 2.24. The van der Waals surface area contributed by atoms with Crippen molar-refractivity contribution in [1.82, 2.24) is 5.48 Å². The lowest BCUT2D eigenvalue weighted by molar-refractivity contribution is 0.0706. The molecule has 0 aliphatic carbocycles. The molecule has 27 heavy (non-hydrogen) atoms. The fraction of sp³-hybridized carbons (Fsp3) is 0. The van der Waals surface area contributed by atoms with Gasteiger partial charge < -0.3 is 5.32 Å². The van der Waals surface area contributed by atoms with Crippen molar-refractivity contribution in [1.29, 1.82) is 0 Å². The van der Waals surface area contributed by atoms with E-state index in [1.165, 1.54) is 12.1 Å². The molecule has 0 aliphatic rings. The number of nitrogens with one attached hydrogen (secondary N) is 2. The van der Waals surface area contributed by atoms with Crippen molar-refractivity contribution < 1.29 is 14.8 Å². The third kappa shape index (κ3) is 4.65. The normalized spacial score (nSPS) is 10.3. The highest BCUT2D eigenvalue weighted by molar-refractivity contribution is 6.35. The molecule has 3 N–H and O–H groups in total. The Bertz CT molecular complexity index is 984. The van der Waals surface area contributed by atoms with Gasteiger partial charge >= 0.3 is 0 Å². The number of halogens is 2. The van der Waals surface area contributed by atoms with Crippen LogP contribution in [0.2, 0.25) is 10.0 Å². The molecule has 0 saturated heterocycles. The Labute approximate surface area is 165 Å². The molecule has 0 bridgehead atoms. The van der Waals surface area contributed by atoms with Gasteiger partial charge in [-0.3, -0.25) is 14.8 Å². The van der Waals surface area contributed by atoms with Gasteiger partial charge in [-0.1, -0.05) is 47.5 Å². The quantitative estimate of drug-likeness (QED) is 0.424. The van der Waals surface area contributed by atoms with E-state index >= 15 is 0 Å². The van der Waals surface area contributed by atoms with Crippen molar-refractivity contribution in [2.24, 2.45) is 0 Å². The van der Waals surface area contributed by atoms with Gasteiger partial charge in [-0.25, -0.2) is 5.48 Å². The van der Waals surface area contributed by atoms with Crippen LogP contribution in [0.3, 0.4) is 0 Å². The summed E-state index contributed by atoms with van der Waals surface area (Å²) in [4.78, 5) is 23.8. The molecule has 3 rings (SSSR count). The van der Waals surface area contributed by atoms with Gasteiger partial charge in [0.1, 0.15) is 0 Å². The minimum atomic E-state index is -0.581. The molecule has 0 aliphatic heterocycles. The van der Waals surface area contributed by atoms with E-state index in [0.717, 1.165) is 11.1 Å². The lowest BCUT2D eigenvalue weighted by Crippen LogP contribution is -2.18. The van der Waals surface area contributed by atoms with Gasteiger partial charge in [0.15, 0.2) is 0 Å². The minimum Gasteiger partial charge on any atom is -0.322 e. The monoisotopic (exact) mass is 400 g/mol. The number of hydroxylamine groups is 1. The van der Waals surface area contributed by atoms with Crippen LogP contribution in [0.15, 0.2) is 66.7 Å². The summed E-state index contributed by atoms with van der Waals surface area (Å²) in [5.41, 5.74) is 4.59. The van der Waals surface area contributed by atoms with E-state index in [2.05, 4.69) is 5.32 Å². The molecule has 2 amide bonds. The van der Waals surface area contributed by atoms with E-state index in [1.54, 1.807) is 41.9 Å². The van der Waals surface area contributed by atoms with E-state index in [4.69, 9.17) is 28.4 Å². The van der Waals surface area contributed by atoms with Gasteiger partial charge in [0.05, 0.1) is 0 Å². The molecule has 3 aromatic rings. The van der Waals surface area contributed by atoms with Crippen molar-refractivity contribution in [3.05, 3.63) is 87.9 Å². The molecular weight excluding hydrogens is 387 g/mol. The summed E-state index contributed by atoms with van der Waals surface area (Å²) in [5.74, 6) is -0.908. The average Bonchev–Trinajstić information content (AvgIpc) is 2.67. The SMILES string of the molecule is O=C(NO)c1ccc(-c2cccc(NC(=O)c3cc(Cl)cc(Cl)c3)c2)cc1. The molecule has 0 heterocycles. The molecule has 136 valence electrons. The molecule has 5 nitrogen and oxygen atoms in total. The first-order chi connectivity index (χ1) is 13.0. The average molecular weight is 401 g/mol. The Hall–Kier alpha value is -2.86. The molecule has 0 spiro atoms. The molecule has 0 atom stereocenters. The van der Waals surface area contributed by atoms with Crippen molar-refractivity contribution in [3.63, 3.8) is 0 Å². The Kier molecular flexibility index (Phi) is 5.76. The van der Waals surface area contributed by atoms with Crippen LogP contribution in [0.1, 0.15) is 20.7 Å². The maximum absolute atomic E-state index is 12.4. The molecule has 0 saturated carbocycles. The van der Waals surface area contributed by atoms with Crippen molar-refractivity contribution in [3.8, 4) is 11.1 Å². The number of anilines is 1. The van der Waals surface area contributed by atoms with Gasteiger partial charge in [0.2, 0.25) is 0 Å². The topological polar surface area (TPSA) is 78.4 Å². The molecule has 0 fully saturated rings. The zero-order valence-electron chi connectivity index (χ0n) is 13.9. The van der Waals surface area contributed by atoms with E-state index in [1.807, 2.05) is 18.2 Å². The van der Waals surface area contributed by atoms with Gasteiger partial charge in [-0.15, -0.1) is 0 Å². The highest BCUT2D eigenvalue weighted by Gasteiger charge is 2.10. The Morgan fingerprint density at radius 3 is 2.04 bits per heavy atom. The van der Waals surface area contributed by atoms with Crippen molar-refractivity contribution >= 4 is 40.7 Å². The van der Waals surface area contributed by atoms with Crippen LogP contribution in [0.25, 0.3) is 11.1 Å².